The standard InChI is InChI=1S/C29H39N3O/c33-28-29(20-22-31(23-21-29)25-16-10-4-2-1-3-5-11-17-25)32(26-18-12-7-13-19-26)27(30-28)24-14-8-6-9-15-24/h6-9,12-15,18-19,25,27H,1-5,10-11,16-17,20-23H2,(H,30,33). The monoisotopic (exact) mass is 445 g/mol. The number of piperidine rings is 1. The van der Waals surface area contributed by atoms with Crippen LogP contribution in [0.1, 0.15) is 82.4 Å². The van der Waals surface area contributed by atoms with E-state index in [4.69, 9.17) is 0 Å². The van der Waals surface area contributed by atoms with Gasteiger partial charge in [-0.05, 0) is 43.4 Å². The summed E-state index contributed by atoms with van der Waals surface area (Å²) in [5.41, 5.74) is 1.83. The molecule has 1 saturated carbocycles. The molecule has 1 aliphatic carbocycles. The Morgan fingerprint density at radius 1 is 0.727 bits per heavy atom. The highest BCUT2D eigenvalue weighted by Crippen LogP contribution is 2.44. The summed E-state index contributed by atoms with van der Waals surface area (Å²) in [6, 6.07) is 21.7. The van der Waals surface area contributed by atoms with Crippen molar-refractivity contribution in [2.24, 2.45) is 0 Å². The SMILES string of the molecule is O=C1NC(c2ccccc2)N(c2ccccc2)C12CCN(C1CCCCCCCCC1)CC2. The predicted octanol–water partition coefficient (Wildman–Crippen LogP) is 6.05. The number of nitrogens with zero attached hydrogens (tertiary/aromatic N) is 2. The van der Waals surface area contributed by atoms with Gasteiger partial charge in [0.2, 0.25) is 5.91 Å². The van der Waals surface area contributed by atoms with E-state index in [1.807, 2.05) is 6.07 Å². The Morgan fingerprint density at radius 3 is 1.88 bits per heavy atom. The van der Waals surface area contributed by atoms with Gasteiger partial charge in [0, 0.05) is 24.8 Å². The fraction of sp³-hybridized carbons (Fsp3) is 0.552. The minimum atomic E-state index is -0.464. The van der Waals surface area contributed by atoms with Crippen LogP contribution in [0.25, 0.3) is 0 Å². The number of anilines is 1. The smallest absolute Gasteiger partial charge is 0.247 e. The summed E-state index contributed by atoms with van der Waals surface area (Å²) in [5.74, 6) is 0.200. The maximum absolute atomic E-state index is 13.6. The highest BCUT2D eigenvalue weighted by molar-refractivity contribution is 5.94. The van der Waals surface area contributed by atoms with Crippen molar-refractivity contribution in [2.45, 2.75) is 88.4 Å². The van der Waals surface area contributed by atoms with Crippen molar-refractivity contribution < 1.29 is 4.79 Å². The van der Waals surface area contributed by atoms with Crippen LogP contribution in [0, 0.1) is 0 Å². The molecule has 4 nitrogen and oxygen atoms in total. The Labute approximate surface area is 199 Å². The number of amides is 1. The maximum Gasteiger partial charge on any atom is 0.247 e. The Balaban J connectivity index is 1.37. The lowest BCUT2D eigenvalue weighted by Gasteiger charge is -2.47. The zero-order valence-corrected chi connectivity index (χ0v) is 19.9. The molecular formula is C29H39N3O. The quantitative estimate of drug-likeness (QED) is 0.625. The first-order valence-corrected chi connectivity index (χ1v) is 13.2. The molecule has 1 unspecified atom stereocenters. The second-order valence-electron chi connectivity index (χ2n) is 10.3. The van der Waals surface area contributed by atoms with Gasteiger partial charge in [-0.1, -0.05) is 93.5 Å². The van der Waals surface area contributed by atoms with Gasteiger partial charge in [-0.3, -0.25) is 4.79 Å². The molecule has 1 spiro atoms. The van der Waals surface area contributed by atoms with Crippen LogP contribution in [-0.2, 0) is 4.79 Å². The van der Waals surface area contributed by atoms with E-state index in [1.165, 1.54) is 57.8 Å². The van der Waals surface area contributed by atoms with E-state index >= 15 is 0 Å². The van der Waals surface area contributed by atoms with E-state index in [-0.39, 0.29) is 12.1 Å². The number of likely N-dealkylation sites (tertiary alicyclic amines) is 1. The molecule has 4 heteroatoms. The second kappa shape index (κ2) is 10.3. The van der Waals surface area contributed by atoms with E-state index in [9.17, 15) is 4.79 Å². The van der Waals surface area contributed by atoms with Crippen molar-refractivity contribution in [1.29, 1.82) is 0 Å². The van der Waals surface area contributed by atoms with Crippen LogP contribution in [-0.4, -0.2) is 35.5 Å². The fourth-order valence-electron chi connectivity index (χ4n) is 6.41. The molecule has 5 rings (SSSR count). The molecular weight excluding hydrogens is 406 g/mol. The molecule has 1 N–H and O–H groups in total. The third kappa shape index (κ3) is 4.68. The molecule has 2 saturated heterocycles. The van der Waals surface area contributed by atoms with E-state index in [0.717, 1.165) is 37.2 Å². The van der Waals surface area contributed by atoms with Crippen LogP contribution in [0.4, 0.5) is 5.69 Å². The van der Waals surface area contributed by atoms with Crippen LogP contribution in [0.15, 0.2) is 60.7 Å². The molecule has 2 heterocycles. The van der Waals surface area contributed by atoms with E-state index in [0.29, 0.717) is 6.04 Å². The normalized spacial score (nSPS) is 25.2. The summed E-state index contributed by atoms with van der Waals surface area (Å²) in [7, 11) is 0. The summed E-state index contributed by atoms with van der Waals surface area (Å²) >= 11 is 0. The van der Waals surface area contributed by atoms with Crippen LogP contribution < -0.4 is 10.2 Å². The maximum atomic E-state index is 13.6. The van der Waals surface area contributed by atoms with Crippen molar-refractivity contribution in [3.63, 3.8) is 0 Å². The van der Waals surface area contributed by atoms with E-state index < -0.39 is 5.54 Å². The number of para-hydroxylation sites is 1. The minimum Gasteiger partial charge on any atom is -0.332 e. The number of hydrogen-bond acceptors (Lipinski definition) is 3. The highest BCUT2D eigenvalue weighted by Gasteiger charge is 2.55. The van der Waals surface area contributed by atoms with Crippen molar-refractivity contribution in [3.8, 4) is 0 Å². The number of carbonyl (C=O) groups is 1. The molecule has 2 aromatic carbocycles. The van der Waals surface area contributed by atoms with Gasteiger partial charge in [0.1, 0.15) is 11.7 Å². The number of benzene rings is 2. The van der Waals surface area contributed by atoms with Gasteiger partial charge >= 0.3 is 0 Å². The fourth-order valence-corrected chi connectivity index (χ4v) is 6.41. The Hall–Kier alpha value is -2.33. The molecule has 0 aromatic heterocycles. The number of hydrogen-bond donors (Lipinski definition) is 1. The summed E-state index contributed by atoms with van der Waals surface area (Å²) < 4.78 is 0. The van der Waals surface area contributed by atoms with E-state index in [2.05, 4.69) is 69.7 Å². The third-order valence-corrected chi connectivity index (χ3v) is 8.28. The summed E-state index contributed by atoms with van der Waals surface area (Å²) in [5, 5.41) is 3.38. The van der Waals surface area contributed by atoms with Gasteiger partial charge in [-0.15, -0.1) is 0 Å². The Morgan fingerprint density at radius 2 is 1.27 bits per heavy atom. The van der Waals surface area contributed by atoms with Crippen molar-refractivity contribution in [3.05, 3.63) is 66.2 Å². The molecule has 2 aliphatic heterocycles. The summed E-state index contributed by atoms with van der Waals surface area (Å²) in [6.45, 7) is 2.03. The largest absolute Gasteiger partial charge is 0.332 e. The summed E-state index contributed by atoms with van der Waals surface area (Å²) in [6.07, 6.45) is 14.1. The molecule has 176 valence electrons. The highest BCUT2D eigenvalue weighted by atomic mass is 16.2. The topological polar surface area (TPSA) is 35.6 Å². The molecule has 33 heavy (non-hydrogen) atoms. The van der Waals surface area contributed by atoms with Crippen LogP contribution in [0.5, 0.6) is 0 Å². The number of rotatable bonds is 3. The van der Waals surface area contributed by atoms with Gasteiger partial charge in [0.25, 0.3) is 0 Å². The van der Waals surface area contributed by atoms with Gasteiger partial charge < -0.3 is 15.1 Å². The lowest BCUT2D eigenvalue weighted by molar-refractivity contribution is -0.125. The molecule has 2 aromatic rings. The Bertz CT molecular complexity index is 882. The number of carbonyl (C=O) groups excluding carboxylic acids is 1. The van der Waals surface area contributed by atoms with Gasteiger partial charge in [-0.25, -0.2) is 0 Å². The average Bonchev–Trinajstić information content (AvgIpc) is 3.15. The van der Waals surface area contributed by atoms with Crippen LogP contribution >= 0.6 is 0 Å². The van der Waals surface area contributed by atoms with Crippen molar-refractivity contribution in [1.82, 2.24) is 10.2 Å². The lowest BCUT2D eigenvalue weighted by atomic mass is 9.84. The molecule has 1 amide bonds. The minimum absolute atomic E-state index is 0.110. The average molecular weight is 446 g/mol. The van der Waals surface area contributed by atoms with Gasteiger partial charge in [0.05, 0.1) is 0 Å². The second-order valence-corrected chi connectivity index (χ2v) is 10.3. The van der Waals surface area contributed by atoms with Crippen LogP contribution in [0.2, 0.25) is 0 Å². The molecule has 0 radical (unpaired) electrons. The van der Waals surface area contributed by atoms with Crippen molar-refractivity contribution in [2.75, 3.05) is 18.0 Å². The molecule has 1 atom stereocenters. The third-order valence-electron chi connectivity index (χ3n) is 8.28. The zero-order valence-electron chi connectivity index (χ0n) is 19.9. The van der Waals surface area contributed by atoms with Gasteiger partial charge in [-0.2, -0.15) is 0 Å². The summed E-state index contributed by atoms with van der Waals surface area (Å²) in [4.78, 5) is 18.7. The van der Waals surface area contributed by atoms with E-state index in [1.54, 1.807) is 0 Å². The molecule has 3 fully saturated rings. The zero-order chi connectivity index (χ0) is 22.5. The first kappa shape index (κ1) is 22.5. The predicted molar refractivity (Wildman–Crippen MR) is 135 cm³/mol. The molecule has 3 aliphatic rings. The first-order chi connectivity index (χ1) is 16.3. The van der Waals surface area contributed by atoms with Crippen LogP contribution in [0.3, 0.4) is 0 Å². The lowest BCUT2D eigenvalue weighted by Crippen LogP contribution is -2.58. The molecule has 0 bridgehead atoms. The Kier molecular flexibility index (Phi) is 7.01. The van der Waals surface area contributed by atoms with Crippen molar-refractivity contribution >= 4 is 11.6 Å². The first-order valence-electron chi connectivity index (χ1n) is 13.2. The van der Waals surface area contributed by atoms with Gasteiger partial charge in [0.15, 0.2) is 0 Å². The number of nitrogens with one attached hydrogen (secondary N) is 1.